The molecule has 1 amide bonds. The fourth-order valence-corrected chi connectivity index (χ4v) is 2.86. The van der Waals surface area contributed by atoms with Crippen LogP contribution in [0.15, 0.2) is 46.2 Å². The number of nitrogens with one attached hydrogen (secondary N) is 1. The van der Waals surface area contributed by atoms with Crippen LogP contribution in [0.2, 0.25) is 0 Å². The molecule has 7 nitrogen and oxygen atoms in total. The molecule has 28 heavy (non-hydrogen) atoms. The Morgan fingerprint density at radius 3 is 2.64 bits per heavy atom. The van der Waals surface area contributed by atoms with Crippen molar-refractivity contribution in [2.24, 2.45) is 5.41 Å². The summed E-state index contributed by atoms with van der Waals surface area (Å²) in [7, 11) is 0. The number of aromatic nitrogens is 2. The lowest BCUT2D eigenvalue weighted by molar-refractivity contribution is -0.123. The summed E-state index contributed by atoms with van der Waals surface area (Å²) in [6.45, 7) is 7.11. The minimum absolute atomic E-state index is 0.140. The van der Waals surface area contributed by atoms with Crippen LogP contribution in [0.5, 0.6) is 0 Å². The number of esters is 1. The third kappa shape index (κ3) is 4.64. The molecule has 0 spiro atoms. The van der Waals surface area contributed by atoms with Crippen molar-refractivity contribution in [3.63, 3.8) is 0 Å². The highest BCUT2D eigenvalue weighted by molar-refractivity contribution is 7.13. The van der Waals surface area contributed by atoms with Gasteiger partial charge in [-0.15, -0.1) is 21.5 Å². The molecule has 0 radical (unpaired) electrons. The van der Waals surface area contributed by atoms with E-state index in [0.29, 0.717) is 17.1 Å². The van der Waals surface area contributed by atoms with E-state index in [9.17, 15) is 9.59 Å². The predicted molar refractivity (Wildman–Crippen MR) is 106 cm³/mol. The molecular weight excluding hydrogens is 378 g/mol. The van der Waals surface area contributed by atoms with Gasteiger partial charge in [-0.2, -0.15) is 0 Å². The lowest BCUT2D eigenvalue weighted by atomic mass is 9.95. The number of benzene rings is 1. The van der Waals surface area contributed by atoms with Gasteiger partial charge in [-0.1, -0.05) is 32.9 Å². The number of rotatable bonds is 5. The number of hydrogen-bond donors (Lipinski definition) is 1. The Labute approximate surface area is 166 Å². The number of hydrogen-bond acceptors (Lipinski definition) is 7. The SMILES string of the molecule is CC(OC(=O)c1cccc(NC(=O)C(C)(C)C)c1)c1nnc(-c2cccs2)o1. The quantitative estimate of drug-likeness (QED) is 0.625. The summed E-state index contributed by atoms with van der Waals surface area (Å²) in [6, 6.07) is 10.3. The van der Waals surface area contributed by atoms with Crippen LogP contribution < -0.4 is 5.32 Å². The molecule has 1 aromatic carbocycles. The maximum Gasteiger partial charge on any atom is 0.338 e. The molecule has 0 aliphatic carbocycles. The smallest absolute Gasteiger partial charge is 0.338 e. The molecule has 0 aliphatic heterocycles. The molecule has 1 N–H and O–H groups in total. The number of carbonyl (C=O) groups excluding carboxylic acids is 2. The lowest BCUT2D eigenvalue weighted by Crippen LogP contribution is -2.27. The van der Waals surface area contributed by atoms with Crippen molar-refractivity contribution in [2.45, 2.75) is 33.8 Å². The fourth-order valence-electron chi connectivity index (χ4n) is 2.22. The van der Waals surface area contributed by atoms with Gasteiger partial charge in [0, 0.05) is 11.1 Å². The molecule has 0 saturated heterocycles. The zero-order valence-corrected chi connectivity index (χ0v) is 16.9. The molecule has 2 aromatic heterocycles. The lowest BCUT2D eigenvalue weighted by Gasteiger charge is -2.18. The molecule has 3 rings (SSSR count). The molecular formula is C20H21N3O4S. The van der Waals surface area contributed by atoms with Gasteiger partial charge >= 0.3 is 5.97 Å². The average Bonchev–Trinajstić information content (AvgIpc) is 3.32. The summed E-state index contributed by atoms with van der Waals surface area (Å²) < 4.78 is 11.0. The highest BCUT2D eigenvalue weighted by Crippen LogP contribution is 2.26. The molecule has 0 fully saturated rings. The van der Waals surface area contributed by atoms with E-state index in [0.717, 1.165) is 4.88 Å². The summed E-state index contributed by atoms with van der Waals surface area (Å²) in [5.41, 5.74) is 0.305. The Morgan fingerprint density at radius 2 is 1.96 bits per heavy atom. The largest absolute Gasteiger partial charge is 0.449 e. The van der Waals surface area contributed by atoms with Gasteiger partial charge in [-0.25, -0.2) is 4.79 Å². The first-order chi connectivity index (χ1) is 13.2. The number of nitrogens with zero attached hydrogens (tertiary/aromatic N) is 2. The van der Waals surface area contributed by atoms with E-state index in [1.165, 1.54) is 11.3 Å². The van der Waals surface area contributed by atoms with Crippen LogP contribution in [-0.2, 0) is 9.53 Å². The van der Waals surface area contributed by atoms with E-state index < -0.39 is 17.5 Å². The van der Waals surface area contributed by atoms with E-state index in [4.69, 9.17) is 9.15 Å². The zero-order chi connectivity index (χ0) is 20.3. The molecule has 0 saturated carbocycles. The van der Waals surface area contributed by atoms with Gasteiger partial charge in [-0.3, -0.25) is 4.79 Å². The third-order valence-electron chi connectivity index (χ3n) is 3.84. The van der Waals surface area contributed by atoms with Crippen molar-refractivity contribution >= 4 is 28.9 Å². The van der Waals surface area contributed by atoms with E-state index in [2.05, 4.69) is 15.5 Å². The van der Waals surface area contributed by atoms with Crippen LogP contribution in [0, 0.1) is 5.41 Å². The molecule has 146 valence electrons. The minimum atomic E-state index is -0.707. The summed E-state index contributed by atoms with van der Waals surface area (Å²) in [5.74, 6) is -0.0812. The Morgan fingerprint density at radius 1 is 1.18 bits per heavy atom. The van der Waals surface area contributed by atoms with E-state index >= 15 is 0 Å². The maximum atomic E-state index is 12.5. The highest BCUT2D eigenvalue weighted by atomic mass is 32.1. The predicted octanol–water partition coefficient (Wildman–Crippen LogP) is 4.70. The second kappa shape index (κ2) is 7.93. The van der Waals surface area contributed by atoms with Crippen LogP contribution in [0.1, 0.15) is 50.0 Å². The molecule has 1 unspecified atom stereocenters. The van der Waals surface area contributed by atoms with E-state index in [-0.39, 0.29) is 11.8 Å². The Bertz CT molecular complexity index is 974. The molecule has 3 aromatic rings. The van der Waals surface area contributed by atoms with Crippen molar-refractivity contribution < 1.29 is 18.7 Å². The molecule has 8 heteroatoms. The van der Waals surface area contributed by atoms with E-state index in [1.807, 2.05) is 38.3 Å². The van der Waals surface area contributed by atoms with Crippen molar-refractivity contribution in [1.29, 1.82) is 0 Å². The first kappa shape index (κ1) is 19.8. The fraction of sp³-hybridized carbons (Fsp3) is 0.300. The highest BCUT2D eigenvalue weighted by Gasteiger charge is 2.23. The summed E-state index contributed by atoms with van der Waals surface area (Å²) in [4.78, 5) is 25.4. The van der Waals surface area contributed by atoms with Crippen LogP contribution in [0.25, 0.3) is 10.8 Å². The molecule has 2 heterocycles. The van der Waals surface area contributed by atoms with Crippen LogP contribution in [-0.4, -0.2) is 22.1 Å². The average molecular weight is 399 g/mol. The first-order valence-corrected chi connectivity index (χ1v) is 9.62. The summed E-state index contributed by atoms with van der Waals surface area (Å²) >= 11 is 1.48. The Kier molecular flexibility index (Phi) is 5.60. The third-order valence-corrected chi connectivity index (χ3v) is 4.70. The number of amides is 1. The molecule has 0 bridgehead atoms. The monoisotopic (exact) mass is 399 g/mol. The summed E-state index contributed by atoms with van der Waals surface area (Å²) in [6.07, 6.45) is -0.707. The number of carbonyl (C=O) groups is 2. The van der Waals surface area contributed by atoms with Gasteiger partial charge in [0.2, 0.25) is 5.91 Å². The Balaban J connectivity index is 1.67. The van der Waals surface area contributed by atoms with Crippen molar-refractivity contribution in [3.05, 3.63) is 53.2 Å². The van der Waals surface area contributed by atoms with Gasteiger partial charge in [0.15, 0.2) is 6.10 Å². The number of anilines is 1. The van der Waals surface area contributed by atoms with E-state index in [1.54, 1.807) is 31.2 Å². The van der Waals surface area contributed by atoms with Crippen LogP contribution in [0.4, 0.5) is 5.69 Å². The standard InChI is InChI=1S/C20H21N3O4S/c1-12(16-22-23-17(27-16)15-9-6-10-28-15)26-18(24)13-7-5-8-14(11-13)21-19(25)20(2,3)4/h5-12H,1-4H3,(H,21,25). The topological polar surface area (TPSA) is 94.3 Å². The molecule has 1 atom stereocenters. The van der Waals surface area contributed by atoms with Gasteiger partial charge in [0.05, 0.1) is 10.4 Å². The van der Waals surface area contributed by atoms with Gasteiger partial charge < -0.3 is 14.5 Å². The van der Waals surface area contributed by atoms with Crippen LogP contribution >= 0.6 is 11.3 Å². The van der Waals surface area contributed by atoms with Crippen molar-refractivity contribution in [1.82, 2.24) is 10.2 Å². The Hall–Kier alpha value is -3.00. The van der Waals surface area contributed by atoms with Crippen molar-refractivity contribution in [3.8, 4) is 10.8 Å². The molecule has 0 aliphatic rings. The minimum Gasteiger partial charge on any atom is -0.449 e. The van der Waals surface area contributed by atoms with Gasteiger partial charge in [0.25, 0.3) is 11.8 Å². The maximum absolute atomic E-state index is 12.5. The van der Waals surface area contributed by atoms with Crippen molar-refractivity contribution in [2.75, 3.05) is 5.32 Å². The van der Waals surface area contributed by atoms with Crippen LogP contribution in [0.3, 0.4) is 0 Å². The normalized spacial score (nSPS) is 12.4. The number of thiophene rings is 1. The second-order valence-electron chi connectivity index (χ2n) is 7.26. The second-order valence-corrected chi connectivity index (χ2v) is 8.20. The first-order valence-electron chi connectivity index (χ1n) is 8.74. The zero-order valence-electron chi connectivity index (χ0n) is 16.1. The summed E-state index contributed by atoms with van der Waals surface area (Å²) in [5, 5.41) is 12.6. The number of ether oxygens (including phenoxy) is 1. The van der Waals surface area contributed by atoms with Gasteiger partial charge in [0.1, 0.15) is 0 Å². The van der Waals surface area contributed by atoms with Gasteiger partial charge in [-0.05, 0) is 36.6 Å².